The number of carbonyl (C=O) groups excluding carboxylic acids is 4. The third-order valence-corrected chi connectivity index (χ3v) is 10.8. The van der Waals surface area contributed by atoms with Crippen LogP contribution in [0.3, 0.4) is 0 Å². The fourth-order valence-electron chi connectivity index (χ4n) is 8.55. The summed E-state index contributed by atoms with van der Waals surface area (Å²) in [5, 5.41) is 0.917. The van der Waals surface area contributed by atoms with E-state index in [9.17, 15) is 4.79 Å². The van der Waals surface area contributed by atoms with Gasteiger partial charge in [-0.25, -0.2) is 9.69 Å². The monoisotopic (exact) mass is 683 g/mol. The predicted octanol–water partition coefficient (Wildman–Crippen LogP) is 7.97. The number of fused-ring (bicyclic) bond motifs is 5. The van der Waals surface area contributed by atoms with Gasteiger partial charge in [-0.3, -0.25) is 14.4 Å². The quantitative estimate of drug-likeness (QED) is 0.134. The maximum Gasteiger partial charge on any atom is 0.339 e. The molecule has 2 bridgehead atoms. The summed E-state index contributed by atoms with van der Waals surface area (Å²) >= 11 is 12.8. The van der Waals surface area contributed by atoms with Crippen LogP contribution >= 0.6 is 23.2 Å². The van der Waals surface area contributed by atoms with Gasteiger partial charge in [0.2, 0.25) is 11.8 Å². The number of imide groups is 1. The third-order valence-electron chi connectivity index (χ3n) is 10.3. The van der Waals surface area contributed by atoms with Crippen LogP contribution < -0.4 is 4.90 Å². The van der Waals surface area contributed by atoms with Crippen LogP contribution in [-0.4, -0.2) is 30.7 Å². The number of anilines is 1. The number of benzene rings is 5. The van der Waals surface area contributed by atoms with E-state index >= 15 is 14.4 Å². The summed E-state index contributed by atoms with van der Waals surface area (Å²) in [6, 6.07) is 39.3. The Kier molecular flexibility index (Phi) is 7.21. The molecule has 49 heavy (non-hydrogen) atoms. The van der Waals surface area contributed by atoms with Gasteiger partial charge in [-0.1, -0.05) is 120 Å². The molecular formula is C41H27Cl2NO5. The van der Waals surface area contributed by atoms with Gasteiger partial charge in [0.05, 0.1) is 41.0 Å². The number of amides is 2. The first kappa shape index (κ1) is 31.0. The van der Waals surface area contributed by atoms with Crippen molar-refractivity contribution < 1.29 is 23.9 Å². The van der Waals surface area contributed by atoms with Gasteiger partial charge in [0.15, 0.2) is 5.78 Å². The standard InChI is InChI=1S/C41H27Cl2NO5/c1-49-38(47)30-14-8-9-15-31(30)44-36(45)34-35(37(44)46)41(27-18-22-29(43)23-19-27)33(25-12-6-3-7-13-25)32(24-10-4-2-5-11-24)40(34,39(41)48)26-16-20-28(42)21-17-26/h2-23,34-35H,1H3/t34-,35-,40-,41-/m0/s1. The average molecular weight is 685 g/mol. The molecule has 1 heterocycles. The molecule has 0 unspecified atom stereocenters. The molecule has 8 heteroatoms. The topological polar surface area (TPSA) is 80.8 Å². The van der Waals surface area contributed by atoms with Crippen LogP contribution in [0.15, 0.2) is 133 Å². The van der Waals surface area contributed by atoms with Crippen molar-refractivity contribution in [3.63, 3.8) is 0 Å². The van der Waals surface area contributed by atoms with Gasteiger partial charge in [0.25, 0.3) is 0 Å². The molecule has 5 aromatic carbocycles. The summed E-state index contributed by atoms with van der Waals surface area (Å²) in [5.74, 6) is -4.47. The Bertz CT molecular complexity index is 2090. The number of allylic oxidation sites excluding steroid dienone is 2. The SMILES string of the molecule is COC(=O)c1ccccc1N1C(=O)[C@@H]2[C@@H](C1=O)[C@@]1(c3ccc(Cl)cc3)C(=O)[C@@]2(c2ccc(Cl)cc2)C(c2ccccc2)=C1c1ccccc1. The molecule has 0 N–H and O–H groups in total. The molecule has 240 valence electrons. The zero-order valence-corrected chi connectivity index (χ0v) is 27.6. The number of halogens is 2. The van der Waals surface area contributed by atoms with E-state index in [2.05, 4.69) is 0 Å². The second-order valence-corrected chi connectivity index (χ2v) is 13.3. The van der Waals surface area contributed by atoms with Crippen LogP contribution in [0.4, 0.5) is 5.69 Å². The second kappa shape index (κ2) is 11.4. The second-order valence-electron chi connectivity index (χ2n) is 12.4. The molecule has 2 aliphatic carbocycles. The van der Waals surface area contributed by atoms with E-state index in [1.165, 1.54) is 13.2 Å². The van der Waals surface area contributed by atoms with Gasteiger partial charge in [-0.2, -0.15) is 0 Å². The van der Waals surface area contributed by atoms with E-state index < -0.39 is 40.4 Å². The zero-order chi connectivity index (χ0) is 34.1. The van der Waals surface area contributed by atoms with Crippen molar-refractivity contribution in [3.8, 4) is 0 Å². The normalized spacial score (nSPS) is 24.1. The van der Waals surface area contributed by atoms with Gasteiger partial charge >= 0.3 is 5.97 Å². The molecular weight excluding hydrogens is 657 g/mol. The lowest BCUT2D eigenvalue weighted by Crippen LogP contribution is -2.46. The van der Waals surface area contributed by atoms with Crippen LogP contribution in [0.2, 0.25) is 10.0 Å². The molecule has 1 saturated carbocycles. The lowest BCUT2D eigenvalue weighted by atomic mass is 9.59. The number of hydrogen-bond acceptors (Lipinski definition) is 5. The van der Waals surface area contributed by atoms with E-state index in [4.69, 9.17) is 27.9 Å². The highest BCUT2D eigenvalue weighted by Crippen LogP contribution is 2.74. The maximum absolute atomic E-state index is 16.0. The smallest absolute Gasteiger partial charge is 0.339 e. The molecule has 6 nitrogen and oxygen atoms in total. The van der Waals surface area contributed by atoms with Gasteiger partial charge < -0.3 is 4.74 Å². The van der Waals surface area contributed by atoms with E-state index in [0.717, 1.165) is 16.0 Å². The molecule has 2 fully saturated rings. The Hall–Kier alpha value is -5.30. The minimum atomic E-state index is -1.62. The fourth-order valence-corrected chi connectivity index (χ4v) is 8.80. The molecule has 0 radical (unpaired) electrons. The van der Waals surface area contributed by atoms with Crippen LogP contribution in [-0.2, 0) is 30.0 Å². The first-order valence-corrected chi connectivity index (χ1v) is 16.5. The number of carbonyl (C=O) groups is 4. The number of para-hydroxylation sites is 1. The number of methoxy groups -OCH3 is 1. The van der Waals surface area contributed by atoms with Crippen molar-refractivity contribution in [1.82, 2.24) is 0 Å². The number of nitrogens with zero attached hydrogens (tertiary/aromatic N) is 1. The molecule has 4 atom stereocenters. The molecule has 1 aliphatic heterocycles. The summed E-state index contributed by atoms with van der Waals surface area (Å²) < 4.78 is 5.05. The first-order valence-electron chi connectivity index (χ1n) is 15.8. The summed E-state index contributed by atoms with van der Waals surface area (Å²) in [6.45, 7) is 0. The third kappa shape index (κ3) is 4.08. The van der Waals surface area contributed by atoms with Crippen LogP contribution in [0.1, 0.15) is 32.6 Å². The van der Waals surface area contributed by atoms with Crippen LogP contribution in [0, 0.1) is 11.8 Å². The number of ether oxygens (including phenoxy) is 1. The zero-order valence-electron chi connectivity index (χ0n) is 26.1. The number of esters is 1. The van der Waals surface area contributed by atoms with E-state index in [1.54, 1.807) is 66.7 Å². The summed E-state index contributed by atoms with van der Waals surface area (Å²) in [5.41, 5.74) is 0.784. The Morgan fingerprint density at radius 2 is 1.00 bits per heavy atom. The van der Waals surface area contributed by atoms with Gasteiger partial charge in [-0.05, 0) is 69.8 Å². The number of ketones is 1. The van der Waals surface area contributed by atoms with Gasteiger partial charge in [0.1, 0.15) is 0 Å². The van der Waals surface area contributed by atoms with Crippen molar-refractivity contribution >= 4 is 63.6 Å². The summed E-state index contributed by atoms with van der Waals surface area (Å²) in [4.78, 5) is 60.5. The maximum atomic E-state index is 16.0. The highest BCUT2D eigenvalue weighted by Gasteiger charge is 2.82. The molecule has 1 saturated heterocycles. The van der Waals surface area contributed by atoms with E-state index in [-0.39, 0.29) is 17.0 Å². The molecule has 8 rings (SSSR count). The summed E-state index contributed by atoms with van der Waals surface area (Å²) in [7, 11) is 1.24. The summed E-state index contributed by atoms with van der Waals surface area (Å²) in [6.07, 6.45) is 0. The highest BCUT2D eigenvalue weighted by atomic mass is 35.5. The predicted molar refractivity (Wildman–Crippen MR) is 188 cm³/mol. The molecule has 2 amide bonds. The fraction of sp³-hybridized carbons (Fsp3) is 0.122. The van der Waals surface area contributed by atoms with Gasteiger partial charge in [0, 0.05) is 10.0 Å². The van der Waals surface area contributed by atoms with Crippen LogP contribution in [0.5, 0.6) is 0 Å². The average Bonchev–Trinajstić information content (AvgIpc) is 3.64. The van der Waals surface area contributed by atoms with Crippen molar-refractivity contribution in [1.29, 1.82) is 0 Å². The number of Topliss-reactive ketones (excluding diaryl/α,β-unsaturated/α-hetero) is 1. The van der Waals surface area contributed by atoms with Crippen molar-refractivity contribution in [2.24, 2.45) is 11.8 Å². The van der Waals surface area contributed by atoms with E-state index in [1.807, 2.05) is 60.7 Å². The van der Waals surface area contributed by atoms with Gasteiger partial charge in [-0.15, -0.1) is 0 Å². The Balaban J connectivity index is 1.55. The van der Waals surface area contributed by atoms with Crippen molar-refractivity contribution in [2.45, 2.75) is 10.8 Å². The Labute approximate surface area is 292 Å². The minimum absolute atomic E-state index is 0.0611. The number of rotatable bonds is 6. The molecule has 0 spiro atoms. The highest BCUT2D eigenvalue weighted by molar-refractivity contribution is 6.39. The minimum Gasteiger partial charge on any atom is -0.465 e. The molecule has 5 aromatic rings. The Morgan fingerprint density at radius 1 is 0.592 bits per heavy atom. The van der Waals surface area contributed by atoms with Crippen LogP contribution in [0.25, 0.3) is 11.1 Å². The largest absolute Gasteiger partial charge is 0.465 e. The first-order chi connectivity index (χ1) is 23.8. The number of hydrogen-bond donors (Lipinski definition) is 0. The molecule has 0 aromatic heterocycles. The molecule has 3 aliphatic rings. The Morgan fingerprint density at radius 3 is 1.43 bits per heavy atom. The lowest BCUT2D eigenvalue weighted by Gasteiger charge is -2.39. The van der Waals surface area contributed by atoms with Crippen molar-refractivity contribution in [2.75, 3.05) is 12.0 Å². The van der Waals surface area contributed by atoms with Crippen molar-refractivity contribution in [3.05, 3.63) is 171 Å². The van der Waals surface area contributed by atoms with E-state index in [0.29, 0.717) is 32.3 Å². The lowest BCUT2D eigenvalue weighted by molar-refractivity contribution is -0.130.